The molecule has 3 heteroatoms. The van der Waals surface area contributed by atoms with Gasteiger partial charge in [0.25, 0.3) is 0 Å². The highest BCUT2D eigenvalue weighted by molar-refractivity contribution is 6.30. The van der Waals surface area contributed by atoms with Gasteiger partial charge in [-0.3, -0.25) is 0 Å². The van der Waals surface area contributed by atoms with Crippen LogP contribution in [0.4, 0.5) is 0 Å². The summed E-state index contributed by atoms with van der Waals surface area (Å²) in [5, 5.41) is 0.741. The van der Waals surface area contributed by atoms with Gasteiger partial charge in [0.1, 0.15) is 11.5 Å². The van der Waals surface area contributed by atoms with Crippen LogP contribution < -0.4 is 4.74 Å². The van der Waals surface area contributed by atoms with Crippen LogP contribution in [0, 0.1) is 0 Å². The van der Waals surface area contributed by atoms with Gasteiger partial charge in [0.15, 0.2) is 0 Å². The molecule has 1 rings (SSSR count). The van der Waals surface area contributed by atoms with Crippen LogP contribution >= 0.6 is 11.6 Å². The zero-order valence-electron chi connectivity index (χ0n) is 12.3. The molecule has 0 spiro atoms. The van der Waals surface area contributed by atoms with Crippen molar-refractivity contribution in [3.63, 3.8) is 0 Å². The van der Waals surface area contributed by atoms with E-state index in [1.807, 2.05) is 19.1 Å². The van der Waals surface area contributed by atoms with Gasteiger partial charge in [-0.1, -0.05) is 25.4 Å². The molecule has 0 bridgehead atoms. The summed E-state index contributed by atoms with van der Waals surface area (Å²) in [5.41, 5.74) is 2.26. The van der Waals surface area contributed by atoms with Crippen LogP contribution in [0.3, 0.4) is 0 Å². The Hall–Kier alpha value is -1.02. The minimum Gasteiger partial charge on any atom is -0.493 e. The molecule has 1 aromatic rings. The molecular formula is C16H23ClO2. The summed E-state index contributed by atoms with van der Waals surface area (Å²) in [6.45, 7) is 8.52. The number of ketones is 1. The first-order valence-electron chi connectivity index (χ1n) is 6.90. The van der Waals surface area contributed by atoms with Crippen molar-refractivity contribution in [3.8, 4) is 5.75 Å². The number of ether oxygens (including phenoxy) is 1. The molecule has 0 fully saturated rings. The van der Waals surface area contributed by atoms with Crippen LogP contribution in [0.15, 0.2) is 12.1 Å². The molecule has 0 radical (unpaired) electrons. The normalized spacial score (nSPS) is 10.8. The fourth-order valence-corrected chi connectivity index (χ4v) is 2.39. The molecule has 19 heavy (non-hydrogen) atoms. The number of hydrogen-bond acceptors (Lipinski definition) is 2. The number of aryl methyl sites for hydroxylation is 1. The van der Waals surface area contributed by atoms with Gasteiger partial charge in [0, 0.05) is 11.4 Å². The molecule has 0 aliphatic rings. The van der Waals surface area contributed by atoms with E-state index in [9.17, 15) is 4.79 Å². The van der Waals surface area contributed by atoms with Gasteiger partial charge in [-0.15, -0.1) is 0 Å². The van der Waals surface area contributed by atoms with Gasteiger partial charge in [0.05, 0.1) is 6.61 Å². The molecule has 0 aromatic heterocycles. The molecule has 106 valence electrons. The molecule has 0 unspecified atom stereocenters. The molecule has 2 nitrogen and oxygen atoms in total. The quantitative estimate of drug-likeness (QED) is 0.720. The number of hydrogen-bond donors (Lipinski definition) is 0. The number of benzene rings is 1. The van der Waals surface area contributed by atoms with Crippen molar-refractivity contribution in [1.82, 2.24) is 0 Å². The van der Waals surface area contributed by atoms with E-state index in [-0.39, 0.29) is 5.78 Å². The second-order valence-electron chi connectivity index (χ2n) is 5.13. The van der Waals surface area contributed by atoms with E-state index in [1.54, 1.807) is 6.92 Å². The Morgan fingerprint density at radius 2 is 2.05 bits per heavy atom. The zero-order chi connectivity index (χ0) is 14.4. The predicted octanol–water partition coefficient (Wildman–Crippen LogP) is 4.77. The maximum atomic E-state index is 11.0. The van der Waals surface area contributed by atoms with E-state index in [0.29, 0.717) is 18.9 Å². The molecule has 0 aliphatic carbocycles. The minimum atomic E-state index is 0.226. The molecule has 0 aliphatic heterocycles. The number of carbonyl (C=O) groups excluding carboxylic acids is 1. The lowest BCUT2D eigenvalue weighted by Crippen LogP contribution is -2.03. The Bertz CT molecular complexity index is 439. The van der Waals surface area contributed by atoms with E-state index < -0.39 is 0 Å². The average molecular weight is 283 g/mol. The molecule has 0 heterocycles. The monoisotopic (exact) mass is 282 g/mol. The van der Waals surface area contributed by atoms with Crippen molar-refractivity contribution < 1.29 is 9.53 Å². The number of carbonyl (C=O) groups is 1. The van der Waals surface area contributed by atoms with Crippen molar-refractivity contribution >= 4 is 17.4 Å². The molecular weight excluding hydrogens is 260 g/mol. The van der Waals surface area contributed by atoms with Crippen molar-refractivity contribution in [2.24, 2.45) is 0 Å². The number of halogens is 1. The lowest BCUT2D eigenvalue weighted by molar-refractivity contribution is -0.117. The summed E-state index contributed by atoms with van der Waals surface area (Å²) in [5.74, 6) is 1.54. The highest BCUT2D eigenvalue weighted by Crippen LogP contribution is 2.34. The van der Waals surface area contributed by atoms with Gasteiger partial charge in [-0.25, -0.2) is 0 Å². The summed E-state index contributed by atoms with van der Waals surface area (Å²) < 4.78 is 5.80. The highest BCUT2D eigenvalue weighted by atomic mass is 35.5. The van der Waals surface area contributed by atoms with Gasteiger partial charge in [-0.05, 0) is 55.9 Å². The number of Topliss-reactive ketones (excluding diaryl/α,β-unsaturated/α-hetero) is 1. The second kappa shape index (κ2) is 7.54. The summed E-state index contributed by atoms with van der Waals surface area (Å²) in [4.78, 5) is 11.0. The largest absolute Gasteiger partial charge is 0.493 e. The van der Waals surface area contributed by atoms with Crippen molar-refractivity contribution in [2.75, 3.05) is 6.61 Å². The predicted molar refractivity (Wildman–Crippen MR) is 80.3 cm³/mol. The zero-order valence-corrected chi connectivity index (χ0v) is 13.0. The van der Waals surface area contributed by atoms with Crippen molar-refractivity contribution in [2.45, 2.75) is 52.9 Å². The Labute approximate surface area is 121 Å². The van der Waals surface area contributed by atoms with E-state index in [0.717, 1.165) is 34.7 Å². The van der Waals surface area contributed by atoms with Gasteiger partial charge >= 0.3 is 0 Å². The van der Waals surface area contributed by atoms with Crippen LogP contribution in [0.2, 0.25) is 5.02 Å². The third-order valence-corrected chi connectivity index (χ3v) is 3.26. The van der Waals surface area contributed by atoms with E-state index in [2.05, 4.69) is 13.8 Å². The summed E-state index contributed by atoms with van der Waals surface area (Å²) in [7, 11) is 0. The lowest BCUT2D eigenvalue weighted by Gasteiger charge is -2.18. The Morgan fingerprint density at radius 1 is 1.37 bits per heavy atom. The molecule has 0 saturated heterocycles. The summed E-state index contributed by atoms with van der Waals surface area (Å²) >= 11 is 6.19. The molecule has 0 N–H and O–H groups in total. The van der Waals surface area contributed by atoms with Crippen LogP contribution in [-0.2, 0) is 11.2 Å². The van der Waals surface area contributed by atoms with Gasteiger partial charge in [0.2, 0.25) is 0 Å². The first-order chi connectivity index (χ1) is 8.95. The SMILES string of the molecule is CCOc1c(CCCC(C)=O)cc(Cl)cc1C(C)C. The molecule has 0 amide bonds. The summed E-state index contributed by atoms with van der Waals surface area (Å²) in [6.07, 6.45) is 2.28. The first-order valence-corrected chi connectivity index (χ1v) is 7.28. The second-order valence-corrected chi connectivity index (χ2v) is 5.56. The maximum absolute atomic E-state index is 11.0. The Kier molecular flexibility index (Phi) is 6.36. The van der Waals surface area contributed by atoms with Gasteiger partial charge in [-0.2, -0.15) is 0 Å². The third kappa shape index (κ3) is 4.87. The molecule has 1 aromatic carbocycles. The van der Waals surface area contributed by atoms with Crippen LogP contribution in [0.5, 0.6) is 5.75 Å². The van der Waals surface area contributed by atoms with E-state index >= 15 is 0 Å². The van der Waals surface area contributed by atoms with E-state index in [1.165, 1.54) is 0 Å². The topological polar surface area (TPSA) is 26.3 Å². The lowest BCUT2D eigenvalue weighted by atomic mass is 9.96. The fraction of sp³-hybridized carbons (Fsp3) is 0.562. The van der Waals surface area contributed by atoms with Crippen LogP contribution in [-0.4, -0.2) is 12.4 Å². The summed E-state index contributed by atoms with van der Waals surface area (Å²) in [6, 6.07) is 3.93. The Morgan fingerprint density at radius 3 is 2.58 bits per heavy atom. The van der Waals surface area contributed by atoms with Crippen molar-refractivity contribution in [3.05, 3.63) is 28.3 Å². The minimum absolute atomic E-state index is 0.226. The third-order valence-electron chi connectivity index (χ3n) is 3.04. The van der Waals surface area contributed by atoms with E-state index in [4.69, 9.17) is 16.3 Å². The number of rotatable bonds is 7. The molecule has 0 saturated carbocycles. The highest BCUT2D eigenvalue weighted by Gasteiger charge is 2.14. The smallest absolute Gasteiger partial charge is 0.129 e. The van der Waals surface area contributed by atoms with Crippen molar-refractivity contribution in [1.29, 1.82) is 0 Å². The van der Waals surface area contributed by atoms with Gasteiger partial charge < -0.3 is 9.53 Å². The van der Waals surface area contributed by atoms with Crippen LogP contribution in [0.25, 0.3) is 0 Å². The average Bonchev–Trinajstić information content (AvgIpc) is 2.31. The Balaban J connectivity index is 3.02. The first kappa shape index (κ1) is 16.0. The maximum Gasteiger partial charge on any atom is 0.129 e. The van der Waals surface area contributed by atoms with Crippen LogP contribution in [0.1, 0.15) is 57.6 Å². The fourth-order valence-electron chi connectivity index (χ4n) is 2.14. The standard InChI is InChI=1S/C16H23ClO2/c1-5-19-16-13(8-6-7-12(4)18)9-14(17)10-15(16)11(2)3/h9-11H,5-8H2,1-4H3. The molecule has 0 atom stereocenters.